The molecule has 330 valence electrons. The fourth-order valence-corrected chi connectivity index (χ4v) is 8.48. The van der Waals surface area contributed by atoms with Crippen LogP contribution in [0.3, 0.4) is 0 Å². The van der Waals surface area contributed by atoms with Gasteiger partial charge in [0.1, 0.15) is 12.1 Å². The van der Waals surface area contributed by atoms with E-state index in [2.05, 4.69) is 26.1 Å². The maximum atomic E-state index is 14.4. The average Bonchev–Trinajstić information content (AvgIpc) is 3.94. The highest BCUT2D eigenvalue weighted by molar-refractivity contribution is 5.90. The molecule has 1 fully saturated rings. The number of carbonyl (C=O) groups is 4. The predicted octanol–water partition coefficient (Wildman–Crippen LogP) is 5.44. The molecule has 0 bridgehead atoms. The van der Waals surface area contributed by atoms with E-state index in [0.717, 1.165) is 24.0 Å². The van der Waals surface area contributed by atoms with E-state index in [1.54, 1.807) is 33.2 Å². The molecule has 4 amide bonds. The second kappa shape index (κ2) is 22.8. The molecule has 0 radical (unpaired) electrons. The Morgan fingerprint density at radius 1 is 0.867 bits per heavy atom. The summed E-state index contributed by atoms with van der Waals surface area (Å²) in [6.45, 7) is 14.1. The van der Waals surface area contributed by atoms with Crippen LogP contribution in [-0.2, 0) is 35.1 Å². The molecular formula is C46H69N7O7. The van der Waals surface area contributed by atoms with Gasteiger partial charge < -0.3 is 39.6 Å². The number of hydrogen-bond acceptors (Lipinski definition) is 10. The normalized spacial score (nSPS) is 18.3. The van der Waals surface area contributed by atoms with Crippen molar-refractivity contribution in [1.29, 1.82) is 0 Å². The standard InChI is InChI=1S/C46H69N7O7/c1-12-30(6)40(52(9)46(57)39(29(4)5)49-43(56)38(47-8)28(2)3)36(58-10)27-37(54)53-25-19-24-35(53)41(59-11)31(7)42(55)48-34(26-32-20-15-13-16-21-32)45-51-50-44(60-45)33-22-17-14-18-23-33/h13-18,20-23,28-31,34-36,38-41,47H,12,19,24-27H2,1-11H3,(H,48,55)(H,49,56)/t30-,31+,34-,35-,36+,38-,39-,40?,41+/m0/s1. The van der Waals surface area contributed by atoms with Crippen molar-refractivity contribution in [1.82, 2.24) is 35.9 Å². The summed E-state index contributed by atoms with van der Waals surface area (Å²) >= 11 is 0. The first-order valence-corrected chi connectivity index (χ1v) is 21.5. The number of ether oxygens (including phenoxy) is 2. The minimum Gasteiger partial charge on any atom is -0.418 e. The molecule has 3 aromatic rings. The lowest BCUT2D eigenvalue weighted by Gasteiger charge is -2.41. The number of rotatable bonds is 22. The molecular weight excluding hydrogens is 763 g/mol. The van der Waals surface area contributed by atoms with Crippen LogP contribution in [0.1, 0.15) is 91.6 Å². The molecule has 4 rings (SSSR count). The number of nitrogens with one attached hydrogen (secondary N) is 3. The third-order valence-corrected chi connectivity index (χ3v) is 12.1. The lowest BCUT2D eigenvalue weighted by molar-refractivity contribution is -0.147. The summed E-state index contributed by atoms with van der Waals surface area (Å²) in [6, 6.07) is 16.6. The zero-order valence-corrected chi connectivity index (χ0v) is 37.5. The summed E-state index contributed by atoms with van der Waals surface area (Å²) in [7, 11) is 6.61. The summed E-state index contributed by atoms with van der Waals surface area (Å²) < 4.78 is 18.3. The highest BCUT2D eigenvalue weighted by Crippen LogP contribution is 2.31. The Morgan fingerprint density at radius 3 is 2.07 bits per heavy atom. The van der Waals surface area contributed by atoms with Crippen molar-refractivity contribution < 1.29 is 33.1 Å². The molecule has 14 nitrogen and oxygen atoms in total. The lowest BCUT2D eigenvalue weighted by atomic mass is 9.89. The Bertz CT molecular complexity index is 1810. The van der Waals surface area contributed by atoms with Gasteiger partial charge in [-0.15, -0.1) is 10.2 Å². The third kappa shape index (κ3) is 12.0. The molecule has 0 saturated carbocycles. The molecule has 1 unspecified atom stereocenters. The van der Waals surface area contributed by atoms with Crippen molar-refractivity contribution in [2.45, 2.75) is 123 Å². The van der Waals surface area contributed by atoms with Crippen LogP contribution in [0.4, 0.5) is 0 Å². The summed E-state index contributed by atoms with van der Waals surface area (Å²) in [5, 5.41) is 17.8. The van der Waals surface area contributed by atoms with Crippen LogP contribution in [0, 0.1) is 23.7 Å². The lowest BCUT2D eigenvalue weighted by Crippen LogP contribution is -2.59. The van der Waals surface area contributed by atoms with Gasteiger partial charge in [0, 0.05) is 39.8 Å². The molecule has 2 aromatic carbocycles. The number of likely N-dealkylation sites (tertiary alicyclic amines) is 1. The number of hydrogen-bond donors (Lipinski definition) is 3. The van der Waals surface area contributed by atoms with Crippen molar-refractivity contribution in [3.05, 3.63) is 72.1 Å². The smallest absolute Gasteiger partial charge is 0.247 e. The number of methoxy groups -OCH3 is 2. The second-order valence-corrected chi connectivity index (χ2v) is 16.9. The maximum Gasteiger partial charge on any atom is 0.247 e. The quantitative estimate of drug-likeness (QED) is 0.119. The molecule has 2 heterocycles. The Hall–Kier alpha value is -4.66. The largest absolute Gasteiger partial charge is 0.418 e. The Morgan fingerprint density at radius 2 is 1.50 bits per heavy atom. The molecule has 1 aliphatic heterocycles. The van der Waals surface area contributed by atoms with Crippen LogP contribution < -0.4 is 16.0 Å². The first kappa shape index (κ1) is 48.0. The molecule has 60 heavy (non-hydrogen) atoms. The number of nitrogens with zero attached hydrogens (tertiary/aromatic N) is 4. The monoisotopic (exact) mass is 832 g/mol. The van der Waals surface area contributed by atoms with E-state index in [1.807, 2.05) is 114 Å². The maximum absolute atomic E-state index is 14.4. The molecule has 1 saturated heterocycles. The molecule has 9 atom stereocenters. The van der Waals surface area contributed by atoms with Crippen molar-refractivity contribution in [3.63, 3.8) is 0 Å². The summed E-state index contributed by atoms with van der Waals surface area (Å²) in [6.07, 6.45) is 1.33. The van der Waals surface area contributed by atoms with E-state index in [1.165, 1.54) is 0 Å². The predicted molar refractivity (Wildman–Crippen MR) is 231 cm³/mol. The minimum atomic E-state index is -0.770. The Balaban J connectivity index is 1.52. The molecule has 0 spiro atoms. The van der Waals surface area contributed by atoms with E-state index < -0.39 is 42.3 Å². The van der Waals surface area contributed by atoms with Crippen molar-refractivity contribution in [2.75, 3.05) is 34.9 Å². The summed E-state index contributed by atoms with van der Waals surface area (Å²) in [5.41, 5.74) is 1.76. The van der Waals surface area contributed by atoms with Gasteiger partial charge >= 0.3 is 0 Å². The number of benzene rings is 2. The van der Waals surface area contributed by atoms with E-state index in [9.17, 15) is 19.2 Å². The number of amides is 4. The number of likely N-dealkylation sites (N-methyl/N-ethyl adjacent to an activating group) is 2. The second-order valence-electron chi connectivity index (χ2n) is 16.9. The van der Waals surface area contributed by atoms with Gasteiger partial charge in [0.05, 0.1) is 42.7 Å². The van der Waals surface area contributed by atoms with Crippen LogP contribution in [0.15, 0.2) is 65.1 Å². The van der Waals surface area contributed by atoms with Gasteiger partial charge in [0.25, 0.3) is 0 Å². The van der Waals surface area contributed by atoms with Crippen LogP contribution in [0.5, 0.6) is 0 Å². The zero-order valence-electron chi connectivity index (χ0n) is 37.5. The van der Waals surface area contributed by atoms with Gasteiger partial charge in [-0.3, -0.25) is 19.2 Å². The van der Waals surface area contributed by atoms with Gasteiger partial charge in [-0.25, -0.2) is 0 Å². The van der Waals surface area contributed by atoms with Crippen molar-refractivity contribution in [2.24, 2.45) is 23.7 Å². The molecule has 14 heteroatoms. The average molecular weight is 832 g/mol. The van der Waals surface area contributed by atoms with Crippen molar-refractivity contribution >= 4 is 23.6 Å². The first-order valence-electron chi connectivity index (χ1n) is 21.5. The highest BCUT2D eigenvalue weighted by Gasteiger charge is 2.43. The summed E-state index contributed by atoms with van der Waals surface area (Å²) in [4.78, 5) is 59.6. The van der Waals surface area contributed by atoms with Crippen LogP contribution in [-0.4, -0.2) is 115 Å². The Kier molecular flexibility index (Phi) is 18.2. The van der Waals surface area contributed by atoms with Crippen LogP contribution in [0.2, 0.25) is 0 Å². The van der Waals surface area contributed by atoms with Gasteiger partial charge in [-0.2, -0.15) is 0 Å². The van der Waals surface area contributed by atoms with E-state index in [-0.39, 0.29) is 59.7 Å². The van der Waals surface area contributed by atoms with Crippen LogP contribution in [0.25, 0.3) is 11.5 Å². The van der Waals surface area contributed by atoms with E-state index in [4.69, 9.17) is 13.9 Å². The van der Waals surface area contributed by atoms with Gasteiger partial charge in [0.2, 0.25) is 35.4 Å². The van der Waals surface area contributed by atoms with Gasteiger partial charge in [-0.1, -0.05) is 103 Å². The summed E-state index contributed by atoms with van der Waals surface area (Å²) in [5.74, 6) is -1.08. The van der Waals surface area contributed by atoms with Gasteiger partial charge in [0.15, 0.2) is 0 Å². The van der Waals surface area contributed by atoms with Crippen LogP contribution >= 0.6 is 0 Å². The SMILES string of the molecule is CC[C@H](C)C([C@@H](CC(=O)N1CCC[C@H]1[C@H](OC)[C@@H](C)C(=O)N[C@@H](Cc1ccccc1)c1nnc(-c2ccccc2)o1)OC)N(C)C(=O)[C@@H](NC(=O)[C@@H](NC)C(C)C)C(C)C. The molecule has 1 aliphatic rings. The zero-order chi connectivity index (χ0) is 44.1. The Labute approximate surface area is 356 Å². The fraction of sp³-hybridized carbons (Fsp3) is 0.609. The number of aromatic nitrogens is 2. The number of carbonyl (C=O) groups excluding carboxylic acids is 4. The molecule has 1 aromatic heterocycles. The molecule has 0 aliphatic carbocycles. The highest BCUT2D eigenvalue weighted by atomic mass is 16.5. The topological polar surface area (TPSA) is 168 Å². The van der Waals surface area contributed by atoms with Gasteiger partial charge in [-0.05, 0) is 55.3 Å². The third-order valence-electron chi connectivity index (χ3n) is 12.1. The first-order chi connectivity index (χ1) is 28.7. The fourth-order valence-electron chi connectivity index (χ4n) is 8.48. The minimum absolute atomic E-state index is 0.0184. The van der Waals surface area contributed by atoms with E-state index >= 15 is 0 Å². The van der Waals surface area contributed by atoms with Crippen molar-refractivity contribution in [3.8, 4) is 11.5 Å². The molecule has 3 N–H and O–H groups in total. The van der Waals surface area contributed by atoms with E-state index in [0.29, 0.717) is 25.3 Å².